The van der Waals surface area contributed by atoms with Crippen LogP contribution in [-0.2, 0) is 22.9 Å². The van der Waals surface area contributed by atoms with Crippen LogP contribution in [0.15, 0.2) is 23.1 Å². The molecular weight excluding hydrogens is 248 g/mol. The Morgan fingerprint density at radius 3 is 2.78 bits per heavy atom. The van der Waals surface area contributed by atoms with E-state index < -0.39 is 16.1 Å². The van der Waals surface area contributed by atoms with Crippen LogP contribution in [0.4, 0.5) is 0 Å². The molecule has 1 atom stereocenters. The van der Waals surface area contributed by atoms with Crippen LogP contribution in [-0.4, -0.2) is 14.5 Å². The molecule has 1 aliphatic carbocycles. The molecule has 96 valence electrons. The Kier molecular flexibility index (Phi) is 3.69. The number of rotatable bonds is 4. The molecule has 1 N–H and O–H groups in total. The molecule has 18 heavy (non-hydrogen) atoms. The lowest BCUT2D eigenvalue weighted by Gasteiger charge is -2.11. The van der Waals surface area contributed by atoms with E-state index in [1.165, 1.54) is 5.56 Å². The van der Waals surface area contributed by atoms with Crippen molar-refractivity contribution in [2.75, 3.05) is 0 Å². The van der Waals surface area contributed by atoms with Crippen LogP contribution < -0.4 is 4.72 Å². The van der Waals surface area contributed by atoms with Crippen LogP contribution in [0.25, 0.3) is 0 Å². The van der Waals surface area contributed by atoms with E-state index in [0.717, 1.165) is 24.8 Å². The highest BCUT2D eigenvalue weighted by molar-refractivity contribution is 7.89. The molecular formula is C13H16N2O2S. The number of nitriles is 1. The second-order valence-corrected chi connectivity index (χ2v) is 6.21. The first kappa shape index (κ1) is 13.1. The van der Waals surface area contributed by atoms with Crippen molar-refractivity contribution >= 4 is 10.0 Å². The summed E-state index contributed by atoms with van der Waals surface area (Å²) < 4.78 is 26.6. The van der Waals surface area contributed by atoms with E-state index in [0.29, 0.717) is 6.42 Å². The average molecular weight is 264 g/mol. The van der Waals surface area contributed by atoms with Crippen LogP contribution >= 0.6 is 0 Å². The standard InChI is InChI=1S/C13H16N2O2S/c1-2-12(9-14)15-18(16,17)13-7-6-10-4-3-5-11(10)8-13/h6-8,12,15H,2-5H2,1H3. The molecule has 4 nitrogen and oxygen atoms in total. The van der Waals surface area contributed by atoms with E-state index in [1.54, 1.807) is 19.1 Å². The number of nitrogens with one attached hydrogen (secondary N) is 1. The van der Waals surface area contributed by atoms with E-state index in [9.17, 15) is 8.42 Å². The maximum atomic E-state index is 12.1. The number of benzene rings is 1. The first-order valence-electron chi connectivity index (χ1n) is 6.10. The zero-order valence-electron chi connectivity index (χ0n) is 10.3. The van der Waals surface area contributed by atoms with Crippen LogP contribution in [0.1, 0.15) is 30.9 Å². The van der Waals surface area contributed by atoms with Gasteiger partial charge in [-0.1, -0.05) is 13.0 Å². The minimum Gasteiger partial charge on any atom is -0.207 e. The molecule has 0 saturated heterocycles. The van der Waals surface area contributed by atoms with Gasteiger partial charge in [0.05, 0.1) is 11.0 Å². The number of aryl methyl sites for hydroxylation is 2. The summed E-state index contributed by atoms with van der Waals surface area (Å²) in [5, 5.41) is 8.81. The highest BCUT2D eigenvalue weighted by Crippen LogP contribution is 2.24. The summed E-state index contributed by atoms with van der Waals surface area (Å²) in [5.41, 5.74) is 2.35. The third-order valence-electron chi connectivity index (χ3n) is 3.24. The van der Waals surface area contributed by atoms with Gasteiger partial charge in [-0.15, -0.1) is 0 Å². The van der Waals surface area contributed by atoms with Gasteiger partial charge in [0.1, 0.15) is 6.04 Å². The van der Waals surface area contributed by atoms with E-state index >= 15 is 0 Å². The van der Waals surface area contributed by atoms with Gasteiger partial charge in [-0.2, -0.15) is 9.98 Å². The van der Waals surface area contributed by atoms with Gasteiger partial charge < -0.3 is 0 Å². The third-order valence-corrected chi connectivity index (χ3v) is 4.71. The normalized spacial score (nSPS) is 16.0. The van der Waals surface area contributed by atoms with Crippen molar-refractivity contribution in [2.45, 2.75) is 43.5 Å². The molecule has 0 fully saturated rings. The zero-order chi connectivity index (χ0) is 13.2. The fourth-order valence-corrected chi connectivity index (χ4v) is 3.45. The van der Waals surface area contributed by atoms with Crippen molar-refractivity contribution in [3.8, 4) is 6.07 Å². The molecule has 0 heterocycles. The molecule has 1 aromatic carbocycles. The van der Waals surface area contributed by atoms with Gasteiger partial charge in [0.25, 0.3) is 0 Å². The van der Waals surface area contributed by atoms with Gasteiger partial charge in [-0.25, -0.2) is 8.42 Å². The summed E-state index contributed by atoms with van der Waals surface area (Å²) >= 11 is 0. The monoisotopic (exact) mass is 264 g/mol. The number of nitrogens with zero attached hydrogens (tertiary/aromatic N) is 1. The quantitative estimate of drug-likeness (QED) is 0.900. The van der Waals surface area contributed by atoms with Crippen molar-refractivity contribution in [2.24, 2.45) is 0 Å². The molecule has 0 saturated carbocycles. The summed E-state index contributed by atoms with van der Waals surface area (Å²) in [7, 11) is -3.58. The topological polar surface area (TPSA) is 70.0 Å². The van der Waals surface area contributed by atoms with Crippen LogP contribution in [0.2, 0.25) is 0 Å². The molecule has 0 aromatic heterocycles. The number of sulfonamides is 1. The van der Waals surface area contributed by atoms with E-state index in [-0.39, 0.29) is 4.90 Å². The van der Waals surface area contributed by atoms with Gasteiger partial charge in [0.15, 0.2) is 0 Å². The predicted molar refractivity (Wildman–Crippen MR) is 68.5 cm³/mol. The van der Waals surface area contributed by atoms with Crippen molar-refractivity contribution in [3.63, 3.8) is 0 Å². The minimum atomic E-state index is -3.58. The molecule has 0 amide bonds. The molecule has 2 rings (SSSR count). The third kappa shape index (κ3) is 2.55. The van der Waals surface area contributed by atoms with Crippen LogP contribution in [0.5, 0.6) is 0 Å². The van der Waals surface area contributed by atoms with Gasteiger partial charge in [-0.3, -0.25) is 0 Å². The molecule has 0 spiro atoms. The average Bonchev–Trinajstić information content (AvgIpc) is 2.83. The van der Waals surface area contributed by atoms with Crippen molar-refractivity contribution in [1.82, 2.24) is 4.72 Å². The Bertz CT molecular complexity index is 587. The number of fused-ring (bicyclic) bond motifs is 1. The summed E-state index contributed by atoms with van der Waals surface area (Å²) in [6.07, 6.45) is 3.51. The van der Waals surface area contributed by atoms with Crippen LogP contribution in [0.3, 0.4) is 0 Å². The Balaban J connectivity index is 2.28. The van der Waals surface area contributed by atoms with Gasteiger partial charge in [0.2, 0.25) is 10.0 Å². The zero-order valence-corrected chi connectivity index (χ0v) is 11.1. The molecule has 1 aromatic rings. The first-order valence-corrected chi connectivity index (χ1v) is 7.59. The highest BCUT2D eigenvalue weighted by Gasteiger charge is 2.21. The van der Waals surface area contributed by atoms with E-state index in [1.807, 2.05) is 12.1 Å². The molecule has 0 radical (unpaired) electrons. The first-order chi connectivity index (χ1) is 8.56. The Morgan fingerprint density at radius 2 is 2.11 bits per heavy atom. The second kappa shape index (κ2) is 5.09. The molecule has 5 heteroatoms. The molecule has 1 aliphatic rings. The largest absolute Gasteiger partial charge is 0.241 e. The van der Waals surface area contributed by atoms with Crippen molar-refractivity contribution in [3.05, 3.63) is 29.3 Å². The lowest BCUT2D eigenvalue weighted by atomic mass is 10.1. The fraction of sp³-hybridized carbons (Fsp3) is 0.462. The van der Waals surface area contributed by atoms with Crippen LogP contribution in [0, 0.1) is 11.3 Å². The maximum absolute atomic E-state index is 12.1. The lowest BCUT2D eigenvalue weighted by molar-refractivity contribution is 0.569. The molecule has 1 unspecified atom stereocenters. The summed E-state index contributed by atoms with van der Waals surface area (Å²) in [5.74, 6) is 0. The second-order valence-electron chi connectivity index (χ2n) is 4.50. The summed E-state index contributed by atoms with van der Waals surface area (Å²) in [4.78, 5) is 0.261. The van der Waals surface area contributed by atoms with Gasteiger partial charge >= 0.3 is 0 Å². The van der Waals surface area contributed by atoms with Crippen molar-refractivity contribution in [1.29, 1.82) is 5.26 Å². The molecule has 0 aliphatic heterocycles. The van der Waals surface area contributed by atoms with Crippen molar-refractivity contribution < 1.29 is 8.42 Å². The number of hydrogen-bond donors (Lipinski definition) is 1. The van der Waals surface area contributed by atoms with Gasteiger partial charge in [-0.05, 0) is 48.9 Å². The van der Waals surface area contributed by atoms with Gasteiger partial charge in [0, 0.05) is 0 Å². The highest BCUT2D eigenvalue weighted by atomic mass is 32.2. The summed E-state index contributed by atoms with van der Waals surface area (Å²) in [6.45, 7) is 1.78. The Hall–Kier alpha value is -1.38. The SMILES string of the molecule is CCC(C#N)NS(=O)(=O)c1ccc2c(c1)CCC2. The minimum absolute atomic E-state index is 0.261. The van der Waals surface area contributed by atoms with E-state index in [4.69, 9.17) is 5.26 Å². The Labute approximate surface area is 108 Å². The Morgan fingerprint density at radius 1 is 1.39 bits per heavy atom. The summed E-state index contributed by atoms with van der Waals surface area (Å²) in [6, 6.07) is 6.51. The van der Waals surface area contributed by atoms with E-state index in [2.05, 4.69) is 4.72 Å². The smallest absolute Gasteiger partial charge is 0.207 e. The molecule has 0 bridgehead atoms. The number of hydrogen-bond acceptors (Lipinski definition) is 3. The maximum Gasteiger partial charge on any atom is 0.241 e. The fourth-order valence-electron chi connectivity index (χ4n) is 2.17. The predicted octanol–water partition coefficient (Wildman–Crippen LogP) is 1.76. The lowest BCUT2D eigenvalue weighted by Crippen LogP contribution is -2.33.